The van der Waals surface area contributed by atoms with Gasteiger partial charge >= 0.3 is 0 Å². The van der Waals surface area contributed by atoms with Crippen molar-refractivity contribution in [2.45, 2.75) is 10.1 Å². The Hall–Kier alpha value is -3.03. The molecule has 1 N–H and O–H groups in total. The van der Waals surface area contributed by atoms with Crippen molar-refractivity contribution in [1.29, 1.82) is 0 Å². The molecule has 7 heteroatoms. The van der Waals surface area contributed by atoms with Crippen LogP contribution in [-0.4, -0.2) is 17.7 Å². The first kappa shape index (κ1) is 18.0. The number of benzene rings is 3. The molecule has 0 bridgehead atoms. The van der Waals surface area contributed by atoms with Crippen LogP contribution in [0.3, 0.4) is 0 Å². The first-order chi connectivity index (χ1) is 14.2. The average Bonchev–Trinajstić information content (AvgIpc) is 3.38. The molecule has 144 valence electrons. The van der Waals surface area contributed by atoms with Gasteiger partial charge in [0.25, 0.3) is 5.91 Å². The highest BCUT2D eigenvalue weighted by Gasteiger charge is 2.14. The Kier molecular flexibility index (Phi) is 4.83. The molecule has 0 atom stereocenters. The molecule has 4 aromatic rings. The lowest BCUT2D eigenvalue weighted by Crippen LogP contribution is -2.11. The van der Waals surface area contributed by atoms with Crippen LogP contribution in [0.2, 0.25) is 0 Å². The minimum Gasteiger partial charge on any atom is -0.454 e. The number of carbonyl (C=O) groups is 1. The smallest absolute Gasteiger partial charge is 0.255 e. The number of fused-ring (bicyclic) bond motifs is 2. The molecule has 5 nitrogen and oxygen atoms in total. The second-order valence-corrected chi connectivity index (χ2v) is 8.71. The molecular weight excluding hydrogens is 404 g/mol. The fraction of sp³-hybridized carbons (Fsp3) is 0.0909. The highest BCUT2D eigenvalue weighted by molar-refractivity contribution is 8.00. The number of rotatable bonds is 5. The lowest BCUT2D eigenvalue weighted by atomic mass is 10.1. The van der Waals surface area contributed by atoms with E-state index >= 15 is 0 Å². The van der Waals surface area contributed by atoms with Crippen LogP contribution in [0.25, 0.3) is 10.2 Å². The third kappa shape index (κ3) is 3.92. The summed E-state index contributed by atoms with van der Waals surface area (Å²) in [6, 6.07) is 21.2. The molecular formula is C22H16N2O3S2. The normalized spacial score (nSPS) is 12.3. The quantitative estimate of drug-likeness (QED) is 0.428. The highest BCUT2D eigenvalue weighted by atomic mass is 32.2. The Morgan fingerprint density at radius 1 is 1.03 bits per heavy atom. The Bertz CT molecular complexity index is 1160. The van der Waals surface area contributed by atoms with Crippen molar-refractivity contribution < 1.29 is 14.3 Å². The lowest BCUT2D eigenvalue weighted by molar-refractivity contribution is 0.102. The maximum atomic E-state index is 12.5. The van der Waals surface area contributed by atoms with E-state index in [2.05, 4.69) is 16.4 Å². The Morgan fingerprint density at radius 2 is 1.86 bits per heavy atom. The van der Waals surface area contributed by atoms with E-state index in [0.717, 1.165) is 21.2 Å². The fourth-order valence-electron chi connectivity index (χ4n) is 2.99. The molecule has 1 aromatic heterocycles. The van der Waals surface area contributed by atoms with E-state index in [1.807, 2.05) is 42.5 Å². The van der Waals surface area contributed by atoms with Gasteiger partial charge in [-0.1, -0.05) is 36.0 Å². The van der Waals surface area contributed by atoms with Gasteiger partial charge in [-0.05, 0) is 42.0 Å². The molecule has 29 heavy (non-hydrogen) atoms. The largest absolute Gasteiger partial charge is 0.454 e. The van der Waals surface area contributed by atoms with Crippen LogP contribution < -0.4 is 14.8 Å². The van der Waals surface area contributed by atoms with Gasteiger partial charge < -0.3 is 14.8 Å². The van der Waals surface area contributed by atoms with Crippen LogP contribution in [-0.2, 0) is 5.75 Å². The van der Waals surface area contributed by atoms with Crippen molar-refractivity contribution in [1.82, 2.24) is 4.98 Å². The zero-order valence-corrected chi connectivity index (χ0v) is 16.9. The number of hydrogen-bond acceptors (Lipinski definition) is 6. The Morgan fingerprint density at radius 3 is 2.72 bits per heavy atom. The highest BCUT2D eigenvalue weighted by Crippen LogP contribution is 2.34. The molecule has 0 saturated carbocycles. The molecule has 0 radical (unpaired) electrons. The van der Waals surface area contributed by atoms with E-state index in [1.54, 1.807) is 41.3 Å². The second kappa shape index (κ2) is 7.77. The number of nitrogens with one attached hydrogen (secondary N) is 1. The number of ether oxygens (including phenoxy) is 2. The first-order valence-corrected chi connectivity index (χ1v) is 10.8. The zero-order valence-electron chi connectivity index (χ0n) is 15.3. The number of hydrogen-bond donors (Lipinski definition) is 1. The standard InChI is InChI=1S/C22H16N2O3S2/c25-21(23-16-9-10-18-19(11-16)27-13-26-18)15-7-5-14(6-8-15)12-28-22-24-17-3-1-2-4-20(17)29-22/h1-11H,12-13H2,(H,23,25). The molecule has 0 saturated heterocycles. The SMILES string of the molecule is O=C(Nc1ccc2c(c1)OCO2)c1ccc(CSc2nc3ccccc3s2)cc1. The van der Waals surface area contributed by atoms with E-state index in [1.165, 1.54) is 4.70 Å². The van der Waals surface area contributed by atoms with Crippen molar-refractivity contribution >= 4 is 44.9 Å². The lowest BCUT2D eigenvalue weighted by Gasteiger charge is -2.07. The molecule has 0 unspecified atom stereocenters. The summed E-state index contributed by atoms with van der Waals surface area (Å²) in [6.07, 6.45) is 0. The van der Waals surface area contributed by atoms with E-state index in [0.29, 0.717) is 22.7 Å². The summed E-state index contributed by atoms with van der Waals surface area (Å²) in [7, 11) is 0. The Labute approximate surface area is 175 Å². The van der Waals surface area contributed by atoms with Gasteiger partial charge in [0.05, 0.1) is 10.2 Å². The van der Waals surface area contributed by atoms with Gasteiger partial charge in [0, 0.05) is 23.1 Å². The van der Waals surface area contributed by atoms with Crippen LogP contribution in [0.4, 0.5) is 5.69 Å². The van der Waals surface area contributed by atoms with Gasteiger partial charge in [-0.15, -0.1) is 11.3 Å². The van der Waals surface area contributed by atoms with Crippen molar-refractivity contribution in [3.05, 3.63) is 77.9 Å². The molecule has 0 fully saturated rings. The molecule has 5 rings (SSSR count). The van der Waals surface area contributed by atoms with Gasteiger partial charge in [0.1, 0.15) is 0 Å². The van der Waals surface area contributed by atoms with Gasteiger partial charge in [-0.2, -0.15) is 0 Å². The summed E-state index contributed by atoms with van der Waals surface area (Å²) in [5.74, 6) is 1.99. The summed E-state index contributed by atoms with van der Waals surface area (Å²) in [6.45, 7) is 0.212. The number of thioether (sulfide) groups is 1. The third-order valence-electron chi connectivity index (χ3n) is 4.48. The zero-order chi connectivity index (χ0) is 19.6. The summed E-state index contributed by atoms with van der Waals surface area (Å²) >= 11 is 3.41. The van der Waals surface area contributed by atoms with Crippen molar-refractivity contribution in [2.75, 3.05) is 12.1 Å². The van der Waals surface area contributed by atoms with Crippen LogP contribution in [0.1, 0.15) is 15.9 Å². The minimum atomic E-state index is -0.158. The van der Waals surface area contributed by atoms with Crippen LogP contribution in [0, 0.1) is 0 Å². The van der Waals surface area contributed by atoms with E-state index in [9.17, 15) is 4.79 Å². The predicted octanol–water partition coefficient (Wildman–Crippen LogP) is 5.57. The van der Waals surface area contributed by atoms with Crippen LogP contribution >= 0.6 is 23.1 Å². The number of thiazole rings is 1. The number of para-hydroxylation sites is 1. The first-order valence-electron chi connectivity index (χ1n) is 9.03. The van der Waals surface area contributed by atoms with Gasteiger partial charge in [-0.3, -0.25) is 4.79 Å². The van der Waals surface area contributed by atoms with Gasteiger partial charge in [0.2, 0.25) is 6.79 Å². The van der Waals surface area contributed by atoms with Crippen molar-refractivity contribution in [2.24, 2.45) is 0 Å². The van der Waals surface area contributed by atoms with E-state index in [4.69, 9.17) is 9.47 Å². The molecule has 0 spiro atoms. The molecule has 1 aliphatic rings. The summed E-state index contributed by atoms with van der Waals surface area (Å²) in [4.78, 5) is 17.2. The molecule has 1 aliphatic heterocycles. The minimum absolute atomic E-state index is 0.158. The van der Waals surface area contributed by atoms with Crippen LogP contribution in [0.15, 0.2) is 71.1 Å². The monoisotopic (exact) mass is 420 g/mol. The number of aromatic nitrogens is 1. The summed E-state index contributed by atoms with van der Waals surface area (Å²) in [5.41, 5.74) is 3.47. The maximum absolute atomic E-state index is 12.5. The number of anilines is 1. The topological polar surface area (TPSA) is 60.5 Å². The Balaban J connectivity index is 1.22. The number of carbonyl (C=O) groups excluding carboxylic acids is 1. The number of nitrogens with zero attached hydrogens (tertiary/aromatic N) is 1. The second-order valence-electron chi connectivity index (χ2n) is 6.46. The molecule has 0 aliphatic carbocycles. The number of amides is 1. The predicted molar refractivity (Wildman–Crippen MR) is 116 cm³/mol. The molecule has 3 aromatic carbocycles. The van der Waals surface area contributed by atoms with Crippen LogP contribution in [0.5, 0.6) is 11.5 Å². The fourth-order valence-corrected chi connectivity index (χ4v) is 5.01. The van der Waals surface area contributed by atoms with E-state index < -0.39 is 0 Å². The molecule has 1 amide bonds. The van der Waals surface area contributed by atoms with Gasteiger partial charge in [0.15, 0.2) is 15.8 Å². The third-order valence-corrected chi connectivity index (χ3v) is 6.73. The van der Waals surface area contributed by atoms with E-state index in [-0.39, 0.29) is 12.7 Å². The van der Waals surface area contributed by atoms with Crippen molar-refractivity contribution in [3.8, 4) is 11.5 Å². The van der Waals surface area contributed by atoms with Gasteiger partial charge in [-0.25, -0.2) is 4.98 Å². The average molecular weight is 421 g/mol. The van der Waals surface area contributed by atoms with Crippen molar-refractivity contribution in [3.63, 3.8) is 0 Å². The maximum Gasteiger partial charge on any atom is 0.255 e. The summed E-state index contributed by atoms with van der Waals surface area (Å²) in [5, 5.41) is 2.89. The molecule has 2 heterocycles. The summed E-state index contributed by atoms with van der Waals surface area (Å²) < 4.78 is 12.9.